The van der Waals surface area contributed by atoms with Crippen LogP contribution in [-0.4, -0.2) is 44.5 Å². The molecule has 26 heavy (non-hydrogen) atoms. The van der Waals surface area contributed by atoms with Crippen LogP contribution in [0.4, 0.5) is 17.3 Å². The minimum absolute atomic E-state index is 0.0293. The number of hydrogen-bond donors (Lipinski definition) is 1. The fourth-order valence-electron chi connectivity index (χ4n) is 2.53. The van der Waals surface area contributed by atoms with Crippen LogP contribution in [0.1, 0.15) is 0 Å². The maximum Gasteiger partial charge on any atom is 0.406 e. The number of benzene rings is 1. The number of rotatable bonds is 5. The molecule has 0 spiro atoms. The number of anilines is 2. The van der Waals surface area contributed by atoms with Crippen LogP contribution in [0.15, 0.2) is 42.4 Å². The number of aromatic nitrogens is 2. The normalized spacial score (nSPS) is 14.4. The number of nitrogens with zero attached hydrogens (tertiary/aromatic N) is 4. The molecule has 0 unspecified atom stereocenters. The largest absolute Gasteiger partial charge is 0.406 e. The molecule has 0 amide bonds. The van der Waals surface area contributed by atoms with Crippen molar-refractivity contribution >= 4 is 40.5 Å². The number of imidazole rings is 1. The average Bonchev–Trinajstić information content (AvgIpc) is 2.95. The van der Waals surface area contributed by atoms with E-state index in [1.807, 2.05) is 0 Å². The summed E-state index contributed by atoms with van der Waals surface area (Å²) in [6.07, 6.45) is 2.54. The third-order valence-corrected chi connectivity index (χ3v) is 4.09. The molecule has 10 heteroatoms. The van der Waals surface area contributed by atoms with E-state index in [1.54, 1.807) is 36.2 Å². The van der Waals surface area contributed by atoms with Crippen molar-refractivity contribution in [3.8, 4) is 0 Å². The van der Waals surface area contributed by atoms with E-state index < -0.39 is 16.5 Å². The lowest BCUT2D eigenvalue weighted by atomic mass is 10.1. The molecule has 1 aliphatic heterocycles. The molecule has 2 aromatic rings. The van der Waals surface area contributed by atoms with Crippen LogP contribution < -0.4 is 5.32 Å². The van der Waals surface area contributed by atoms with Gasteiger partial charge < -0.3 is 20.3 Å². The molecule has 134 valence electrons. The van der Waals surface area contributed by atoms with Gasteiger partial charge in [-0.05, 0) is 28.1 Å². The lowest BCUT2D eigenvalue weighted by Crippen LogP contribution is -2.36. The van der Waals surface area contributed by atoms with Gasteiger partial charge in [0.25, 0.3) is 0 Å². The molecule has 0 aliphatic carbocycles. The Morgan fingerprint density at radius 1 is 1.38 bits per heavy atom. The predicted molar refractivity (Wildman–Crippen MR) is 94.3 cm³/mol. The number of nitro groups is 1. The first kappa shape index (κ1) is 17.6. The molecule has 0 bridgehead atoms. The van der Waals surface area contributed by atoms with E-state index in [9.17, 15) is 19.7 Å². The minimum atomic E-state index is -0.600. The Kier molecular flexibility index (Phi) is 4.72. The Balaban J connectivity index is 1.95. The van der Waals surface area contributed by atoms with E-state index >= 15 is 0 Å². The fourth-order valence-corrected chi connectivity index (χ4v) is 2.72. The number of carbonyl (C=O) groups excluding carboxylic acids is 2. The molecule has 0 saturated carbocycles. The zero-order valence-electron chi connectivity index (χ0n) is 13.7. The van der Waals surface area contributed by atoms with E-state index in [4.69, 9.17) is 11.6 Å². The number of ketones is 2. The van der Waals surface area contributed by atoms with Crippen molar-refractivity contribution in [3.63, 3.8) is 0 Å². The van der Waals surface area contributed by atoms with Crippen molar-refractivity contribution in [1.29, 1.82) is 0 Å². The summed E-state index contributed by atoms with van der Waals surface area (Å²) in [5.74, 6) is -1.29. The van der Waals surface area contributed by atoms with Gasteiger partial charge in [0.2, 0.25) is 23.7 Å². The molecule has 2 heterocycles. The van der Waals surface area contributed by atoms with E-state index in [0.29, 0.717) is 16.4 Å². The molecule has 9 nitrogen and oxygen atoms in total. The van der Waals surface area contributed by atoms with E-state index in [0.717, 1.165) is 0 Å². The maximum absolute atomic E-state index is 11.7. The van der Waals surface area contributed by atoms with Gasteiger partial charge in [0.1, 0.15) is 0 Å². The second-order valence-electron chi connectivity index (χ2n) is 5.72. The summed E-state index contributed by atoms with van der Waals surface area (Å²) < 4.78 is 1.50. The molecule has 1 aromatic heterocycles. The standard InChI is InChI=1S/C16H14ClN5O4/c1-20-8-14(24)13(23)6-12(20)7-21-9-18-15(22(25)26)16(21)19-11-4-2-3-10(17)5-11/h2-6,9,19H,7-8H2,1H3. The Morgan fingerprint density at radius 2 is 2.15 bits per heavy atom. The van der Waals surface area contributed by atoms with Gasteiger partial charge >= 0.3 is 5.82 Å². The summed E-state index contributed by atoms with van der Waals surface area (Å²) in [6, 6.07) is 6.72. The molecule has 0 radical (unpaired) electrons. The van der Waals surface area contributed by atoms with Gasteiger partial charge in [0.05, 0.1) is 13.1 Å². The highest BCUT2D eigenvalue weighted by Gasteiger charge is 2.26. The van der Waals surface area contributed by atoms with Gasteiger partial charge in [-0.15, -0.1) is 0 Å². The SMILES string of the molecule is CN1CC(=O)C(=O)C=C1Cn1cnc([N+](=O)[O-])c1Nc1cccc(Cl)c1. The zero-order valence-corrected chi connectivity index (χ0v) is 14.4. The molecule has 0 fully saturated rings. The van der Waals surface area contributed by atoms with Crippen LogP contribution in [0.25, 0.3) is 0 Å². The summed E-state index contributed by atoms with van der Waals surface area (Å²) in [7, 11) is 1.67. The summed E-state index contributed by atoms with van der Waals surface area (Å²) in [5.41, 5.74) is 1.11. The number of halogens is 1. The lowest BCUT2D eigenvalue weighted by Gasteiger charge is -2.25. The molecule has 1 N–H and O–H groups in total. The molecular formula is C16H14ClN5O4. The number of allylic oxidation sites excluding steroid dienone is 2. The topological polar surface area (TPSA) is 110 Å². The summed E-state index contributed by atoms with van der Waals surface area (Å²) in [6.45, 7) is 0.109. The van der Waals surface area contributed by atoms with Crippen LogP contribution in [0.3, 0.4) is 0 Å². The molecule has 1 aliphatic rings. The lowest BCUT2D eigenvalue weighted by molar-refractivity contribution is -0.388. The summed E-state index contributed by atoms with van der Waals surface area (Å²) >= 11 is 5.95. The molecular weight excluding hydrogens is 362 g/mol. The Bertz CT molecular complexity index is 936. The van der Waals surface area contributed by atoms with Crippen molar-refractivity contribution < 1.29 is 14.5 Å². The van der Waals surface area contributed by atoms with Crippen LogP contribution in [0.2, 0.25) is 5.02 Å². The van der Waals surface area contributed by atoms with E-state index in [2.05, 4.69) is 10.3 Å². The number of likely N-dealkylation sites (N-methyl/N-ethyl adjacent to an activating group) is 1. The van der Waals surface area contributed by atoms with E-state index in [1.165, 1.54) is 17.0 Å². The minimum Gasteiger partial charge on any atom is -0.368 e. The number of nitrogens with one attached hydrogen (secondary N) is 1. The molecule has 0 saturated heterocycles. The smallest absolute Gasteiger partial charge is 0.368 e. The zero-order chi connectivity index (χ0) is 18.8. The third kappa shape index (κ3) is 3.57. The monoisotopic (exact) mass is 375 g/mol. The van der Waals surface area contributed by atoms with Crippen LogP contribution in [0.5, 0.6) is 0 Å². The van der Waals surface area contributed by atoms with Crippen molar-refractivity contribution in [1.82, 2.24) is 14.5 Å². The molecule has 1 aromatic carbocycles. The average molecular weight is 376 g/mol. The number of hydrogen-bond acceptors (Lipinski definition) is 7. The van der Waals surface area contributed by atoms with Crippen LogP contribution >= 0.6 is 11.6 Å². The second kappa shape index (κ2) is 6.96. The number of Topliss-reactive ketones (excluding diaryl/α,β-unsaturated/α-hetero) is 1. The van der Waals surface area contributed by atoms with Gasteiger partial charge in [-0.25, -0.2) is 0 Å². The van der Waals surface area contributed by atoms with Gasteiger partial charge in [0.15, 0.2) is 0 Å². The highest BCUT2D eigenvalue weighted by molar-refractivity contribution is 6.43. The van der Waals surface area contributed by atoms with Gasteiger partial charge in [-0.3, -0.25) is 14.2 Å². The second-order valence-corrected chi connectivity index (χ2v) is 6.15. The third-order valence-electron chi connectivity index (χ3n) is 3.85. The highest BCUT2D eigenvalue weighted by atomic mass is 35.5. The number of carbonyl (C=O) groups is 2. The Morgan fingerprint density at radius 3 is 2.85 bits per heavy atom. The van der Waals surface area contributed by atoms with Crippen molar-refractivity contribution in [3.05, 3.63) is 57.5 Å². The first-order valence-corrected chi connectivity index (χ1v) is 7.94. The predicted octanol–water partition coefficient (Wildman–Crippen LogP) is 2.16. The quantitative estimate of drug-likeness (QED) is 0.484. The first-order valence-electron chi connectivity index (χ1n) is 7.56. The Labute approximate surface area is 153 Å². The maximum atomic E-state index is 11.7. The fraction of sp³-hybridized carbons (Fsp3) is 0.188. The van der Waals surface area contributed by atoms with Gasteiger partial charge in [-0.2, -0.15) is 0 Å². The van der Waals surface area contributed by atoms with Crippen molar-refractivity contribution in [2.24, 2.45) is 0 Å². The van der Waals surface area contributed by atoms with E-state index in [-0.39, 0.29) is 24.7 Å². The first-order chi connectivity index (χ1) is 12.3. The van der Waals surface area contributed by atoms with Crippen LogP contribution in [0, 0.1) is 10.1 Å². The van der Waals surface area contributed by atoms with Crippen LogP contribution in [-0.2, 0) is 16.1 Å². The molecule has 0 atom stereocenters. The Hall–Kier alpha value is -3.20. The van der Waals surface area contributed by atoms with Crippen molar-refractivity contribution in [2.75, 3.05) is 18.9 Å². The summed E-state index contributed by atoms with van der Waals surface area (Å²) in [4.78, 5) is 39.3. The van der Waals surface area contributed by atoms with Gasteiger partial charge in [-0.1, -0.05) is 17.7 Å². The highest BCUT2D eigenvalue weighted by Crippen LogP contribution is 2.28. The summed E-state index contributed by atoms with van der Waals surface area (Å²) in [5, 5.41) is 14.7. The van der Waals surface area contributed by atoms with Gasteiger partial charge in [0, 0.05) is 29.5 Å². The van der Waals surface area contributed by atoms with Crippen molar-refractivity contribution in [2.45, 2.75) is 6.54 Å². The molecule has 3 rings (SSSR count).